The van der Waals surface area contributed by atoms with Crippen molar-refractivity contribution in [3.05, 3.63) is 52.8 Å². The van der Waals surface area contributed by atoms with Crippen LogP contribution in [0.25, 0.3) is 0 Å². The van der Waals surface area contributed by atoms with Crippen molar-refractivity contribution in [3.63, 3.8) is 0 Å². The van der Waals surface area contributed by atoms with Crippen molar-refractivity contribution < 1.29 is 14.3 Å². The lowest BCUT2D eigenvalue weighted by Crippen LogP contribution is -2.33. The molecule has 1 heterocycles. The van der Waals surface area contributed by atoms with Crippen molar-refractivity contribution in [1.29, 1.82) is 0 Å². The Morgan fingerprint density at radius 1 is 1.19 bits per heavy atom. The third-order valence-electron chi connectivity index (χ3n) is 4.56. The Morgan fingerprint density at radius 2 is 1.92 bits per heavy atom. The number of nitrogens with zero attached hydrogens (tertiary/aromatic N) is 2. The molecule has 1 aliphatic rings. The van der Waals surface area contributed by atoms with Crippen LogP contribution in [0.4, 0.5) is 10.5 Å². The Bertz CT molecular complexity index is 859. The summed E-state index contributed by atoms with van der Waals surface area (Å²) in [6, 6.07) is 7.76. The molecule has 0 spiro atoms. The number of anilines is 1. The van der Waals surface area contributed by atoms with Gasteiger partial charge in [-0.25, -0.2) is 9.36 Å². The van der Waals surface area contributed by atoms with Crippen LogP contribution in [0.2, 0.25) is 0 Å². The van der Waals surface area contributed by atoms with Crippen LogP contribution >= 0.6 is 0 Å². The van der Waals surface area contributed by atoms with Gasteiger partial charge in [-0.05, 0) is 75.8 Å². The Kier molecular flexibility index (Phi) is 4.65. The second kappa shape index (κ2) is 6.63. The van der Waals surface area contributed by atoms with Gasteiger partial charge in [-0.2, -0.15) is 0 Å². The summed E-state index contributed by atoms with van der Waals surface area (Å²) in [5.41, 5.74) is 3.73. The van der Waals surface area contributed by atoms with Crippen molar-refractivity contribution in [1.82, 2.24) is 4.57 Å². The molecule has 0 aliphatic heterocycles. The maximum atomic E-state index is 13.3. The van der Waals surface area contributed by atoms with E-state index in [9.17, 15) is 9.59 Å². The number of rotatable bonds is 2. The Labute approximate surface area is 154 Å². The normalized spacial score (nSPS) is 13.4. The summed E-state index contributed by atoms with van der Waals surface area (Å²) in [5, 5.41) is 0. The number of aryl methyl sites for hydroxylation is 2. The van der Waals surface area contributed by atoms with Gasteiger partial charge in [0.15, 0.2) is 0 Å². The molecule has 1 aliphatic carbocycles. The molecule has 0 bridgehead atoms. The van der Waals surface area contributed by atoms with E-state index in [1.165, 1.54) is 4.57 Å². The quantitative estimate of drug-likeness (QED) is 0.806. The summed E-state index contributed by atoms with van der Waals surface area (Å²) in [7, 11) is 1.74. The van der Waals surface area contributed by atoms with Gasteiger partial charge in [-0.15, -0.1) is 0 Å². The summed E-state index contributed by atoms with van der Waals surface area (Å²) in [6.07, 6.45) is 3.97. The minimum absolute atomic E-state index is 0.190. The van der Waals surface area contributed by atoms with Crippen LogP contribution in [0, 0.1) is 6.92 Å². The number of fused-ring (bicyclic) bond motifs is 1. The zero-order valence-corrected chi connectivity index (χ0v) is 16.1. The average Bonchev–Trinajstić information content (AvgIpc) is 3.12. The van der Waals surface area contributed by atoms with Gasteiger partial charge in [0, 0.05) is 18.9 Å². The van der Waals surface area contributed by atoms with E-state index in [-0.39, 0.29) is 5.91 Å². The molecule has 3 rings (SSSR count). The first-order valence-corrected chi connectivity index (χ1v) is 8.98. The predicted octanol–water partition coefficient (Wildman–Crippen LogP) is 4.35. The Balaban J connectivity index is 2.00. The van der Waals surface area contributed by atoms with E-state index in [1.54, 1.807) is 18.1 Å². The standard InChI is InChI=1S/C21H26N2O3/c1-14-8-6-10-16(12-14)22(5)19(24)18-17-11-7-9-15(17)13-23(18)20(25)26-21(2,3)4/h6,8,10,12-13H,7,9,11H2,1-5H3. The first-order valence-electron chi connectivity index (χ1n) is 8.98. The molecule has 1 aromatic carbocycles. The monoisotopic (exact) mass is 354 g/mol. The van der Waals surface area contributed by atoms with Crippen LogP contribution < -0.4 is 4.90 Å². The molecule has 138 valence electrons. The van der Waals surface area contributed by atoms with Gasteiger partial charge in [-0.1, -0.05) is 12.1 Å². The molecule has 0 saturated heterocycles. The number of hydrogen-bond donors (Lipinski definition) is 0. The number of amides is 1. The topological polar surface area (TPSA) is 51.5 Å². The number of hydrogen-bond acceptors (Lipinski definition) is 3. The maximum Gasteiger partial charge on any atom is 0.419 e. The van der Waals surface area contributed by atoms with E-state index in [2.05, 4.69) is 0 Å². The second-order valence-corrected chi connectivity index (χ2v) is 7.89. The highest BCUT2D eigenvalue weighted by Gasteiger charge is 2.31. The van der Waals surface area contributed by atoms with Gasteiger partial charge in [0.1, 0.15) is 11.3 Å². The van der Waals surface area contributed by atoms with Crippen LogP contribution in [0.5, 0.6) is 0 Å². The average molecular weight is 354 g/mol. The lowest BCUT2D eigenvalue weighted by atomic mass is 10.1. The van der Waals surface area contributed by atoms with Gasteiger partial charge in [0.2, 0.25) is 0 Å². The van der Waals surface area contributed by atoms with Crippen molar-refractivity contribution >= 4 is 17.7 Å². The molecule has 0 atom stereocenters. The van der Waals surface area contributed by atoms with E-state index < -0.39 is 11.7 Å². The fourth-order valence-corrected chi connectivity index (χ4v) is 3.35. The van der Waals surface area contributed by atoms with Crippen molar-refractivity contribution in [2.75, 3.05) is 11.9 Å². The number of carbonyl (C=O) groups excluding carboxylic acids is 2. The van der Waals surface area contributed by atoms with Crippen LogP contribution in [0.3, 0.4) is 0 Å². The zero-order valence-electron chi connectivity index (χ0n) is 16.1. The Hall–Kier alpha value is -2.56. The van der Waals surface area contributed by atoms with E-state index in [0.29, 0.717) is 5.69 Å². The highest BCUT2D eigenvalue weighted by Crippen LogP contribution is 2.30. The molecule has 2 aromatic rings. The smallest absolute Gasteiger partial charge is 0.419 e. The molecule has 0 N–H and O–H groups in total. The number of carbonyl (C=O) groups is 2. The Morgan fingerprint density at radius 3 is 2.58 bits per heavy atom. The fraction of sp³-hybridized carbons (Fsp3) is 0.429. The highest BCUT2D eigenvalue weighted by atomic mass is 16.6. The first kappa shape index (κ1) is 18.2. The first-order chi connectivity index (χ1) is 12.2. The minimum Gasteiger partial charge on any atom is -0.443 e. The minimum atomic E-state index is -0.617. The fourth-order valence-electron chi connectivity index (χ4n) is 3.35. The van der Waals surface area contributed by atoms with Gasteiger partial charge >= 0.3 is 6.09 Å². The van der Waals surface area contributed by atoms with E-state index in [1.807, 2.05) is 52.0 Å². The summed E-state index contributed by atoms with van der Waals surface area (Å²) < 4.78 is 6.90. The van der Waals surface area contributed by atoms with Crippen LogP contribution in [0.1, 0.15) is 54.4 Å². The van der Waals surface area contributed by atoms with E-state index in [4.69, 9.17) is 4.74 Å². The van der Waals surface area contributed by atoms with Crippen LogP contribution in [-0.4, -0.2) is 29.2 Å². The highest BCUT2D eigenvalue weighted by molar-refractivity contribution is 6.07. The largest absolute Gasteiger partial charge is 0.443 e. The molecule has 0 saturated carbocycles. The number of aromatic nitrogens is 1. The third kappa shape index (κ3) is 3.52. The second-order valence-electron chi connectivity index (χ2n) is 7.89. The summed E-state index contributed by atoms with van der Waals surface area (Å²) >= 11 is 0. The molecule has 1 amide bonds. The molecular formula is C21H26N2O3. The van der Waals surface area contributed by atoms with E-state index in [0.717, 1.165) is 41.6 Å². The lowest BCUT2D eigenvalue weighted by molar-refractivity contribution is 0.0527. The summed E-state index contributed by atoms with van der Waals surface area (Å²) in [4.78, 5) is 27.5. The maximum absolute atomic E-state index is 13.3. The van der Waals surface area contributed by atoms with Crippen molar-refractivity contribution in [2.24, 2.45) is 0 Å². The van der Waals surface area contributed by atoms with Gasteiger partial charge < -0.3 is 9.64 Å². The van der Waals surface area contributed by atoms with E-state index >= 15 is 0 Å². The van der Waals surface area contributed by atoms with Crippen LogP contribution in [0.15, 0.2) is 30.5 Å². The third-order valence-corrected chi connectivity index (χ3v) is 4.56. The molecule has 0 radical (unpaired) electrons. The number of ether oxygens (including phenoxy) is 1. The molecule has 0 unspecified atom stereocenters. The van der Waals surface area contributed by atoms with Crippen molar-refractivity contribution in [3.8, 4) is 0 Å². The SMILES string of the molecule is Cc1cccc(N(C)C(=O)c2c3c(cn2C(=O)OC(C)(C)C)CCC3)c1. The molecular weight excluding hydrogens is 328 g/mol. The van der Waals surface area contributed by atoms with Crippen molar-refractivity contribution in [2.45, 2.75) is 52.6 Å². The number of benzene rings is 1. The summed E-state index contributed by atoms with van der Waals surface area (Å²) in [6.45, 7) is 7.45. The van der Waals surface area contributed by atoms with Gasteiger partial charge in [0.25, 0.3) is 5.91 Å². The molecule has 5 heteroatoms. The summed E-state index contributed by atoms with van der Waals surface area (Å²) in [5.74, 6) is -0.190. The molecule has 0 fully saturated rings. The molecule has 26 heavy (non-hydrogen) atoms. The lowest BCUT2D eigenvalue weighted by Gasteiger charge is -2.22. The predicted molar refractivity (Wildman–Crippen MR) is 102 cm³/mol. The molecule has 1 aromatic heterocycles. The van der Waals surface area contributed by atoms with Crippen LogP contribution in [-0.2, 0) is 17.6 Å². The van der Waals surface area contributed by atoms with Gasteiger partial charge in [0.05, 0.1) is 0 Å². The zero-order chi connectivity index (χ0) is 19.1. The molecule has 5 nitrogen and oxygen atoms in total. The van der Waals surface area contributed by atoms with Gasteiger partial charge in [-0.3, -0.25) is 4.79 Å².